The maximum atomic E-state index is 5.98. The van der Waals surface area contributed by atoms with Crippen LogP contribution in [-0.2, 0) is 0 Å². The number of nitrogens with two attached hydrogens (primary N) is 1. The molecule has 0 radical (unpaired) electrons. The molecule has 2 N–H and O–H groups in total. The van der Waals surface area contributed by atoms with Crippen molar-refractivity contribution >= 4 is 0 Å². The summed E-state index contributed by atoms with van der Waals surface area (Å²) in [5, 5.41) is 0. The average Bonchev–Trinajstić information content (AvgIpc) is 1.82. The summed E-state index contributed by atoms with van der Waals surface area (Å²) in [6.07, 6.45) is 0.997. The lowest BCUT2D eigenvalue weighted by Crippen LogP contribution is -2.14. The first-order chi connectivity index (χ1) is 5.24. The van der Waals surface area contributed by atoms with Crippen LogP contribution in [0.4, 0.5) is 0 Å². The number of hydrogen-bond acceptors (Lipinski definition) is 1. The molecule has 0 aromatic rings. The monoisotopic (exact) mass is 169 g/mol. The van der Waals surface area contributed by atoms with Crippen LogP contribution in [0.1, 0.15) is 48.0 Å². The first-order valence-electron chi connectivity index (χ1n) is 4.69. The van der Waals surface area contributed by atoms with Gasteiger partial charge in [0.05, 0.1) is 0 Å². The summed E-state index contributed by atoms with van der Waals surface area (Å²) < 4.78 is 0. The minimum absolute atomic E-state index is 0.306. The lowest BCUT2D eigenvalue weighted by Gasteiger charge is -2.20. The van der Waals surface area contributed by atoms with Crippen molar-refractivity contribution in [1.29, 1.82) is 0 Å². The molecule has 0 saturated carbocycles. The minimum atomic E-state index is 0.306. The molecule has 0 rings (SSSR count). The lowest BCUT2D eigenvalue weighted by molar-refractivity contribution is 0.404. The average molecular weight is 169 g/mol. The van der Waals surface area contributed by atoms with E-state index in [1.54, 1.807) is 0 Å². The van der Waals surface area contributed by atoms with Crippen LogP contribution in [0.5, 0.6) is 0 Å². The van der Waals surface area contributed by atoms with E-state index in [1.165, 1.54) is 5.57 Å². The predicted octanol–water partition coefficient (Wildman–Crippen LogP) is 3.31. The van der Waals surface area contributed by atoms with E-state index < -0.39 is 0 Å². The van der Waals surface area contributed by atoms with Crippen molar-refractivity contribution in [3.63, 3.8) is 0 Å². The number of hydrogen-bond donors (Lipinski definition) is 1. The zero-order valence-electron chi connectivity index (χ0n) is 9.36. The van der Waals surface area contributed by atoms with Crippen LogP contribution in [0.25, 0.3) is 0 Å². The molecule has 0 aliphatic carbocycles. The first-order valence-corrected chi connectivity index (χ1v) is 4.69. The summed E-state index contributed by atoms with van der Waals surface area (Å²) in [5.74, 6) is 0.576. The molecule has 0 aromatic heterocycles. The highest BCUT2D eigenvalue weighted by atomic mass is 14.6. The molecule has 0 fully saturated rings. The smallest absolute Gasteiger partial charge is 0.00774 e. The molecular weight excluding hydrogens is 146 g/mol. The van der Waals surface area contributed by atoms with E-state index in [-0.39, 0.29) is 0 Å². The molecule has 0 aliphatic heterocycles. The maximum Gasteiger partial charge on any atom is 0.00774 e. The van der Waals surface area contributed by atoms with E-state index in [1.807, 2.05) is 0 Å². The van der Waals surface area contributed by atoms with Crippen LogP contribution in [0.2, 0.25) is 0 Å². The van der Waals surface area contributed by atoms with Gasteiger partial charge in [0.25, 0.3) is 0 Å². The standard InChI is InChI=1S/C11H23N/c1-8(2)9(3)10(12)7-11(4,5)6/h8H,7,12H2,1-6H3/b10-9+. The Morgan fingerprint density at radius 1 is 1.25 bits per heavy atom. The van der Waals surface area contributed by atoms with Gasteiger partial charge in [-0.25, -0.2) is 0 Å². The Labute approximate surface area is 77.0 Å². The predicted molar refractivity (Wildman–Crippen MR) is 55.8 cm³/mol. The van der Waals surface area contributed by atoms with E-state index in [0.29, 0.717) is 11.3 Å². The molecule has 0 aliphatic rings. The highest BCUT2D eigenvalue weighted by Crippen LogP contribution is 2.24. The second-order valence-corrected chi connectivity index (χ2v) is 5.10. The third-order valence-corrected chi connectivity index (χ3v) is 2.09. The number of rotatable bonds is 2. The van der Waals surface area contributed by atoms with Crippen molar-refractivity contribution in [3.8, 4) is 0 Å². The Morgan fingerprint density at radius 3 is 1.92 bits per heavy atom. The van der Waals surface area contributed by atoms with E-state index in [4.69, 9.17) is 5.73 Å². The molecule has 0 bridgehead atoms. The van der Waals surface area contributed by atoms with E-state index in [9.17, 15) is 0 Å². The zero-order chi connectivity index (χ0) is 9.94. The van der Waals surface area contributed by atoms with Crippen molar-refractivity contribution in [3.05, 3.63) is 11.3 Å². The molecule has 0 unspecified atom stereocenters. The molecule has 0 aromatic carbocycles. The van der Waals surface area contributed by atoms with Gasteiger partial charge in [-0.15, -0.1) is 0 Å². The Kier molecular flexibility index (Phi) is 3.82. The van der Waals surface area contributed by atoms with Crippen LogP contribution in [0, 0.1) is 11.3 Å². The van der Waals surface area contributed by atoms with Crippen LogP contribution in [-0.4, -0.2) is 0 Å². The summed E-state index contributed by atoms with van der Waals surface area (Å²) in [6, 6.07) is 0. The van der Waals surface area contributed by atoms with Crippen molar-refractivity contribution in [2.45, 2.75) is 48.0 Å². The van der Waals surface area contributed by atoms with Crippen molar-refractivity contribution in [2.24, 2.45) is 17.1 Å². The van der Waals surface area contributed by atoms with Gasteiger partial charge in [-0.1, -0.05) is 40.2 Å². The van der Waals surface area contributed by atoms with E-state index in [0.717, 1.165) is 12.1 Å². The van der Waals surface area contributed by atoms with Crippen molar-refractivity contribution in [1.82, 2.24) is 0 Å². The van der Waals surface area contributed by atoms with Crippen LogP contribution in [0.15, 0.2) is 11.3 Å². The van der Waals surface area contributed by atoms with Gasteiger partial charge in [-0.2, -0.15) is 0 Å². The van der Waals surface area contributed by atoms with E-state index in [2.05, 4.69) is 41.5 Å². The van der Waals surface area contributed by atoms with Gasteiger partial charge in [0.2, 0.25) is 0 Å². The highest BCUT2D eigenvalue weighted by molar-refractivity contribution is 5.11. The fourth-order valence-electron chi connectivity index (χ4n) is 1.08. The number of allylic oxidation sites excluding steroid dienone is 2. The van der Waals surface area contributed by atoms with Gasteiger partial charge in [-0.3, -0.25) is 0 Å². The molecule has 0 saturated heterocycles. The molecule has 0 spiro atoms. The molecule has 0 amide bonds. The quantitative estimate of drug-likeness (QED) is 0.674. The normalized spacial score (nSPS) is 14.9. The van der Waals surface area contributed by atoms with Gasteiger partial charge in [0, 0.05) is 5.70 Å². The Hall–Kier alpha value is -0.460. The van der Waals surface area contributed by atoms with Crippen LogP contribution in [0.3, 0.4) is 0 Å². The van der Waals surface area contributed by atoms with E-state index >= 15 is 0 Å². The topological polar surface area (TPSA) is 26.0 Å². The first kappa shape index (κ1) is 11.5. The fourth-order valence-corrected chi connectivity index (χ4v) is 1.08. The summed E-state index contributed by atoms with van der Waals surface area (Å²) in [7, 11) is 0. The third-order valence-electron chi connectivity index (χ3n) is 2.09. The van der Waals surface area contributed by atoms with Gasteiger partial charge >= 0.3 is 0 Å². The Bertz CT molecular complexity index is 170. The molecule has 1 nitrogen and oxygen atoms in total. The molecule has 0 atom stereocenters. The Morgan fingerprint density at radius 2 is 1.67 bits per heavy atom. The summed E-state index contributed by atoms with van der Waals surface area (Å²) in [6.45, 7) is 13.1. The minimum Gasteiger partial charge on any atom is -0.402 e. The maximum absolute atomic E-state index is 5.98. The third kappa shape index (κ3) is 4.42. The van der Waals surface area contributed by atoms with Gasteiger partial charge in [0.1, 0.15) is 0 Å². The highest BCUT2D eigenvalue weighted by Gasteiger charge is 2.13. The van der Waals surface area contributed by atoms with Crippen molar-refractivity contribution in [2.75, 3.05) is 0 Å². The lowest BCUT2D eigenvalue weighted by atomic mass is 9.88. The second-order valence-electron chi connectivity index (χ2n) is 5.10. The second kappa shape index (κ2) is 3.97. The zero-order valence-corrected chi connectivity index (χ0v) is 9.36. The van der Waals surface area contributed by atoms with Gasteiger partial charge in [-0.05, 0) is 24.7 Å². The largest absolute Gasteiger partial charge is 0.402 e. The van der Waals surface area contributed by atoms with Crippen LogP contribution < -0.4 is 5.73 Å². The van der Waals surface area contributed by atoms with Crippen LogP contribution >= 0.6 is 0 Å². The molecule has 0 heterocycles. The summed E-state index contributed by atoms with van der Waals surface area (Å²) in [4.78, 5) is 0. The molecule has 12 heavy (non-hydrogen) atoms. The summed E-state index contributed by atoms with van der Waals surface area (Å²) >= 11 is 0. The molecule has 1 heteroatoms. The van der Waals surface area contributed by atoms with Gasteiger partial charge < -0.3 is 5.73 Å². The Balaban J connectivity index is 4.38. The van der Waals surface area contributed by atoms with Gasteiger partial charge in [0.15, 0.2) is 0 Å². The molecule has 72 valence electrons. The SMILES string of the molecule is C/C(=C(\N)CC(C)(C)C)C(C)C. The summed E-state index contributed by atoms with van der Waals surface area (Å²) in [5.41, 5.74) is 8.69. The fraction of sp³-hybridized carbons (Fsp3) is 0.818. The molecular formula is C11H23N. The van der Waals surface area contributed by atoms with Crippen molar-refractivity contribution < 1.29 is 0 Å².